The van der Waals surface area contributed by atoms with E-state index in [-0.39, 0.29) is 41.4 Å². The first kappa shape index (κ1) is 27.2. The fraction of sp³-hybridized carbons (Fsp3) is 0.458. The highest BCUT2D eigenvalue weighted by Gasteiger charge is 2.41. The number of nitrogens with zero attached hydrogens (tertiary/aromatic N) is 5. The lowest BCUT2D eigenvalue weighted by atomic mass is 9.88. The van der Waals surface area contributed by atoms with E-state index in [1.165, 1.54) is 19.2 Å². The first-order chi connectivity index (χ1) is 17.6. The molecule has 4 N–H and O–H groups in total. The number of carbonyl (C=O) groups is 2. The zero-order valence-electron chi connectivity index (χ0n) is 21.0. The molecule has 1 fully saturated rings. The Labute approximate surface area is 214 Å². The topological polar surface area (TPSA) is 139 Å². The molecule has 0 bridgehead atoms. The van der Waals surface area contributed by atoms with E-state index >= 15 is 0 Å². The van der Waals surface area contributed by atoms with Crippen LogP contribution in [0.5, 0.6) is 0 Å². The number of alkyl halides is 4. The van der Waals surface area contributed by atoms with Gasteiger partial charge in [-0.3, -0.25) is 14.6 Å². The maximum atomic E-state index is 14.8. The summed E-state index contributed by atoms with van der Waals surface area (Å²) in [6, 6.07) is 1.11. The highest BCUT2D eigenvalue weighted by atomic mass is 19.4. The summed E-state index contributed by atoms with van der Waals surface area (Å²) in [5.41, 5.74) is 3.82. The second-order valence-corrected chi connectivity index (χ2v) is 10.3. The maximum absolute atomic E-state index is 14.8. The van der Waals surface area contributed by atoms with Crippen molar-refractivity contribution in [1.82, 2.24) is 29.8 Å². The molecule has 3 aromatic rings. The van der Waals surface area contributed by atoms with E-state index in [4.69, 9.17) is 5.73 Å². The van der Waals surface area contributed by atoms with Gasteiger partial charge in [-0.05, 0) is 24.5 Å². The van der Waals surface area contributed by atoms with Gasteiger partial charge in [0.2, 0.25) is 0 Å². The fourth-order valence-electron chi connectivity index (χ4n) is 4.26. The van der Waals surface area contributed by atoms with Gasteiger partial charge in [-0.1, -0.05) is 20.8 Å². The molecule has 4 heterocycles. The number of likely N-dealkylation sites (tertiary alicyclic amines) is 1. The van der Waals surface area contributed by atoms with Crippen molar-refractivity contribution < 1.29 is 32.3 Å². The summed E-state index contributed by atoms with van der Waals surface area (Å²) < 4.78 is 56.8. The number of rotatable bonds is 4. The number of anilines is 1. The van der Waals surface area contributed by atoms with E-state index in [1.54, 1.807) is 20.8 Å². The first-order valence-electron chi connectivity index (χ1n) is 11.7. The molecule has 10 nitrogen and oxygen atoms in total. The highest BCUT2D eigenvalue weighted by molar-refractivity contribution is 5.97. The molecule has 1 aliphatic heterocycles. The lowest BCUT2D eigenvalue weighted by Gasteiger charge is -2.28. The SMILES string of the molecule is Cc1ncc(-c2cc(C(F)(F)F)c3c(N)ncnn23)cc1C(=O)N[C@@H]1CN(C(=O)C(O)C(C)(C)C)C[C@@H]1F. The number of fused-ring (bicyclic) bond motifs is 1. The van der Waals surface area contributed by atoms with Gasteiger partial charge in [0.05, 0.1) is 35.1 Å². The minimum absolute atomic E-state index is 0.000241. The molecule has 0 saturated carbocycles. The third-order valence-corrected chi connectivity index (χ3v) is 6.45. The van der Waals surface area contributed by atoms with Crippen LogP contribution in [0, 0.1) is 12.3 Å². The summed E-state index contributed by atoms with van der Waals surface area (Å²) >= 11 is 0. The van der Waals surface area contributed by atoms with Crippen LogP contribution < -0.4 is 11.1 Å². The largest absolute Gasteiger partial charge is 0.418 e. The lowest BCUT2D eigenvalue weighted by Crippen LogP contribution is -2.46. The molecule has 2 amide bonds. The van der Waals surface area contributed by atoms with E-state index in [1.807, 2.05) is 0 Å². The summed E-state index contributed by atoms with van der Waals surface area (Å²) in [5.74, 6) is -1.73. The van der Waals surface area contributed by atoms with Gasteiger partial charge in [-0.25, -0.2) is 13.9 Å². The zero-order chi connectivity index (χ0) is 28.2. The molecule has 0 spiro atoms. The minimum atomic E-state index is -4.75. The third-order valence-electron chi connectivity index (χ3n) is 6.45. The molecular weight excluding hydrogens is 510 g/mol. The number of pyridine rings is 1. The van der Waals surface area contributed by atoms with E-state index in [0.717, 1.165) is 21.8 Å². The standard InChI is InChI=1S/C24H27F4N7O3/c1-11-13(21(37)33-16-9-34(8-15(16)25)22(38)19(36)23(2,3)4)5-12(7-30-11)17-6-14(24(26,27)28)18-20(29)31-10-32-35(17)18/h5-7,10,15-16,19,36H,8-9H2,1-4H3,(H,33,37)(H2,29,31,32)/t15-,16+,19?/m0/s1. The molecule has 4 rings (SSSR count). The van der Waals surface area contributed by atoms with Crippen molar-refractivity contribution in [2.24, 2.45) is 5.41 Å². The molecule has 0 aliphatic carbocycles. The monoisotopic (exact) mass is 537 g/mol. The van der Waals surface area contributed by atoms with Gasteiger partial charge in [-0.2, -0.15) is 18.3 Å². The van der Waals surface area contributed by atoms with Crippen LogP contribution >= 0.6 is 0 Å². The van der Waals surface area contributed by atoms with Gasteiger partial charge in [0.15, 0.2) is 5.82 Å². The first-order valence-corrected chi connectivity index (χ1v) is 11.7. The Morgan fingerprint density at radius 3 is 2.50 bits per heavy atom. The summed E-state index contributed by atoms with van der Waals surface area (Å²) in [6.07, 6.45) is -5.39. The Morgan fingerprint density at radius 1 is 1.18 bits per heavy atom. The van der Waals surface area contributed by atoms with Crippen LogP contribution in [0.2, 0.25) is 0 Å². The van der Waals surface area contributed by atoms with Crippen LogP contribution in [0.15, 0.2) is 24.7 Å². The molecule has 3 aromatic heterocycles. The number of aliphatic hydroxyl groups is 1. The number of carbonyl (C=O) groups excluding carboxylic acids is 2. The number of nitrogens with one attached hydrogen (secondary N) is 1. The molecule has 0 radical (unpaired) electrons. The van der Waals surface area contributed by atoms with Crippen molar-refractivity contribution in [1.29, 1.82) is 0 Å². The van der Waals surface area contributed by atoms with E-state index in [9.17, 15) is 32.3 Å². The van der Waals surface area contributed by atoms with Gasteiger partial charge in [0.1, 0.15) is 24.1 Å². The van der Waals surface area contributed by atoms with Crippen LogP contribution in [0.3, 0.4) is 0 Å². The molecular formula is C24H27F4N7O3. The number of aliphatic hydroxyl groups excluding tert-OH is 1. The maximum Gasteiger partial charge on any atom is 0.418 e. The predicted molar refractivity (Wildman–Crippen MR) is 129 cm³/mol. The normalized spacial score (nSPS) is 19.1. The zero-order valence-corrected chi connectivity index (χ0v) is 21.0. The molecule has 3 atom stereocenters. The molecule has 0 aromatic carbocycles. The average molecular weight is 538 g/mol. The molecule has 1 saturated heterocycles. The number of amides is 2. The van der Waals surface area contributed by atoms with Gasteiger partial charge in [-0.15, -0.1) is 0 Å². The number of hydrogen-bond donors (Lipinski definition) is 3. The van der Waals surface area contributed by atoms with Crippen LogP contribution in [0.25, 0.3) is 16.8 Å². The van der Waals surface area contributed by atoms with Gasteiger partial charge in [0.25, 0.3) is 11.8 Å². The van der Waals surface area contributed by atoms with Gasteiger partial charge < -0.3 is 21.1 Å². The summed E-state index contributed by atoms with van der Waals surface area (Å²) in [6.45, 7) is 6.09. The number of aryl methyl sites for hydroxylation is 1. The summed E-state index contributed by atoms with van der Waals surface area (Å²) in [7, 11) is 0. The van der Waals surface area contributed by atoms with Gasteiger partial charge >= 0.3 is 6.18 Å². The van der Waals surface area contributed by atoms with Crippen molar-refractivity contribution in [3.05, 3.63) is 41.5 Å². The van der Waals surface area contributed by atoms with Crippen molar-refractivity contribution >= 4 is 23.1 Å². The van der Waals surface area contributed by atoms with Crippen molar-refractivity contribution in [2.75, 3.05) is 18.8 Å². The molecule has 204 valence electrons. The number of nitrogens with two attached hydrogens (primary N) is 1. The smallest absolute Gasteiger partial charge is 0.383 e. The summed E-state index contributed by atoms with van der Waals surface area (Å²) in [5, 5.41) is 16.7. The molecule has 38 heavy (non-hydrogen) atoms. The van der Waals surface area contributed by atoms with Crippen LogP contribution in [-0.4, -0.2) is 72.8 Å². The third kappa shape index (κ3) is 4.99. The average Bonchev–Trinajstić information content (AvgIpc) is 3.39. The molecule has 1 aliphatic rings. The summed E-state index contributed by atoms with van der Waals surface area (Å²) in [4.78, 5) is 34.6. The van der Waals surface area contributed by atoms with Crippen molar-refractivity contribution in [3.8, 4) is 11.3 Å². The Hall–Kier alpha value is -3.81. The minimum Gasteiger partial charge on any atom is -0.383 e. The number of aromatic nitrogens is 4. The predicted octanol–water partition coefficient (Wildman–Crippen LogP) is 2.39. The van der Waals surface area contributed by atoms with Crippen LogP contribution in [-0.2, 0) is 11.0 Å². The number of nitrogen functional groups attached to an aromatic ring is 1. The fourth-order valence-corrected chi connectivity index (χ4v) is 4.26. The van der Waals surface area contributed by atoms with Crippen molar-refractivity contribution in [2.45, 2.75) is 52.2 Å². The van der Waals surface area contributed by atoms with Crippen LogP contribution in [0.1, 0.15) is 42.4 Å². The molecule has 1 unspecified atom stereocenters. The Bertz CT molecular complexity index is 1400. The number of hydrogen-bond acceptors (Lipinski definition) is 7. The second kappa shape index (κ2) is 9.49. The Balaban J connectivity index is 1.62. The van der Waals surface area contributed by atoms with E-state index in [0.29, 0.717) is 0 Å². The quantitative estimate of drug-likeness (QED) is 0.435. The van der Waals surface area contributed by atoms with Gasteiger partial charge in [0, 0.05) is 18.3 Å². The van der Waals surface area contributed by atoms with Crippen molar-refractivity contribution in [3.63, 3.8) is 0 Å². The Morgan fingerprint density at radius 2 is 1.87 bits per heavy atom. The Kier molecular flexibility index (Phi) is 6.80. The highest BCUT2D eigenvalue weighted by Crippen LogP contribution is 2.38. The molecule has 14 heteroatoms. The number of halogens is 4. The second-order valence-electron chi connectivity index (χ2n) is 10.3. The lowest BCUT2D eigenvalue weighted by molar-refractivity contribution is -0.144. The van der Waals surface area contributed by atoms with Crippen LogP contribution in [0.4, 0.5) is 23.4 Å². The van der Waals surface area contributed by atoms with E-state index < -0.39 is 52.8 Å². The van der Waals surface area contributed by atoms with E-state index in [2.05, 4.69) is 20.4 Å².